The number of alkyl halides is 6. The van der Waals surface area contributed by atoms with Crippen molar-refractivity contribution in [2.75, 3.05) is 5.73 Å². The van der Waals surface area contributed by atoms with Gasteiger partial charge in [-0.05, 0) is 13.0 Å². The maximum Gasteiger partial charge on any atom is 0.434 e. The van der Waals surface area contributed by atoms with Crippen molar-refractivity contribution in [3.8, 4) is 5.88 Å². The number of nitrogens with zero attached hydrogens (tertiary/aromatic N) is 1. The summed E-state index contributed by atoms with van der Waals surface area (Å²) in [5.74, 6) is -0.790. The summed E-state index contributed by atoms with van der Waals surface area (Å²) in [6, 6.07) is 1.95. The molecule has 0 unspecified atom stereocenters. The van der Waals surface area contributed by atoms with E-state index in [2.05, 4.69) is 9.72 Å². The molecule has 0 bridgehead atoms. The van der Waals surface area contributed by atoms with E-state index in [-0.39, 0.29) is 11.4 Å². The van der Waals surface area contributed by atoms with Crippen molar-refractivity contribution >= 4 is 5.69 Å². The van der Waals surface area contributed by atoms with E-state index in [1.165, 1.54) is 6.92 Å². The molecule has 0 radical (unpaired) electrons. The van der Waals surface area contributed by atoms with Crippen LogP contribution in [0, 0.1) is 6.92 Å². The first-order chi connectivity index (χ1) is 8.01. The fraction of sp³-hybridized carbons (Fsp3) is 0.444. The molecule has 0 saturated carbocycles. The molecule has 1 aromatic rings. The number of nitrogen functional groups attached to an aromatic ring is 1. The molecule has 1 aromatic heterocycles. The van der Waals surface area contributed by atoms with Crippen molar-refractivity contribution in [1.82, 2.24) is 4.98 Å². The molecule has 0 aliphatic rings. The van der Waals surface area contributed by atoms with Crippen LogP contribution in [0.1, 0.15) is 5.69 Å². The minimum absolute atomic E-state index is 0.0793. The van der Waals surface area contributed by atoms with Gasteiger partial charge in [-0.2, -0.15) is 26.3 Å². The molecule has 0 saturated heterocycles. The molecule has 102 valence electrons. The summed E-state index contributed by atoms with van der Waals surface area (Å²) in [7, 11) is 0. The van der Waals surface area contributed by atoms with Crippen LogP contribution < -0.4 is 10.5 Å². The van der Waals surface area contributed by atoms with Gasteiger partial charge in [-0.15, -0.1) is 0 Å². The smallest absolute Gasteiger partial charge is 0.434 e. The third kappa shape index (κ3) is 3.41. The van der Waals surface area contributed by atoms with Crippen LogP contribution in [-0.4, -0.2) is 23.4 Å². The Morgan fingerprint density at radius 1 is 1.11 bits per heavy atom. The second kappa shape index (κ2) is 4.54. The average molecular weight is 274 g/mol. The predicted molar refractivity (Wildman–Crippen MR) is 49.9 cm³/mol. The number of halogens is 6. The standard InChI is InChI=1S/C9H8F6N2O/c1-4-5(16)2-3-6(17-4)18-7(8(10,11)12)9(13,14)15/h2-3,7H,16H2,1H3. The average Bonchev–Trinajstić information content (AvgIpc) is 2.16. The van der Waals surface area contributed by atoms with Gasteiger partial charge < -0.3 is 10.5 Å². The zero-order chi connectivity index (χ0) is 14.1. The van der Waals surface area contributed by atoms with Crippen LogP contribution >= 0.6 is 0 Å². The van der Waals surface area contributed by atoms with Gasteiger partial charge in [0.2, 0.25) is 5.88 Å². The third-order valence-corrected chi connectivity index (χ3v) is 1.93. The second-order valence-corrected chi connectivity index (χ2v) is 3.41. The SMILES string of the molecule is Cc1nc(OC(C(F)(F)F)C(F)(F)F)ccc1N. The van der Waals surface area contributed by atoms with Crippen molar-refractivity contribution in [3.05, 3.63) is 17.8 Å². The molecular formula is C9H8F6N2O. The highest BCUT2D eigenvalue weighted by Crippen LogP contribution is 2.36. The Hall–Kier alpha value is -1.67. The first-order valence-electron chi connectivity index (χ1n) is 4.55. The van der Waals surface area contributed by atoms with Crippen LogP contribution in [0.2, 0.25) is 0 Å². The zero-order valence-corrected chi connectivity index (χ0v) is 8.93. The summed E-state index contributed by atoms with van der Waals surface area (Å²) < 4.78 is 77.0. The number of hydrogen-bond donors (Lipinski definition) is 1. The lowest BCUT2D eigenvalue weighted by Crippen LogP contribution is -2.46. The number of ether oxygens (including phenoxy) is 1. The van der Waals surface area contributed by atoms with Crippen LogP contribution in [0.15, 0.2) is 12.1 Å². The van der Waals surface area contributed by atoms with E-state index in [4.69, 9.17) is 5.73 Å². The van der Waals surface area contributed by atoms with Gasteiger partial charge in [0.05, 0.1) is 11.4 Å². The first kappa shape index (κ1) is 14.4. The summed E-state index contributed by atoms with van der Waals surface area (Å²) in [5, 5.41) is 0. The molecule has 0 aliphatic heterocycles. The number of nitrogens with two attached hydrogens (primary N) is 1. The summed E-state index contributed by atoms with van der Waals surface area (Å²) in [5.41, 5.74) is 5.54. The van der Waals surface area contributed by atoms with E-state index in [9.17, 15) is 26.3 Å². The Balaban J connectivity index is 3.01. The minimum Gasteiger partial charge on any atom is -0.455 e. The molecule has 0 spiro atoms. The molecule has 9 heteroatoms. The van der Waals surface area contributed by atoms with E-state index in [1.807, 2.05) is 0 Å². The largest absolute Gasteiger partial charge is 0.455 e. The Morgan fingerprint density at radius 2 is 1.61 bits per heavy atom. The number of anilines is 1. The molecule has 18 heavy (non-hydrogen) atoms. The highest BCUT2D eigenvalue weighted by molar-refractivity contribution is 5.43. The quantitative estimate of drug-likeness (QED) is 0.843. The highest BCUT2D eigenvalue weighted by atomic mass is 19.4. The second-order valence-electron chi connectivity index (χ2n) is 3.41. The molecule has 0 aromatic carbocycles. The van der Waals surface area contributed by atoms with E-state index in [1.54, 1.807) is 0 Å². The van der Waals surface area contributed by atoms with Gasteiger partial charge in [0, 0.05) is 6.07 Å². The molecule has 1 heterocycles. The molecule has 0 fully saturated rings. The first-order valence-corrected chi connectivity index (χ1v) is 4.55. The molecule has 3 nitrogen and oxygen atoms in total. The van der Waals surface area contributed by atoms with E-state index < -0.39 is 24.3 Å². The van der Waals surface area contributed by atoms with Gasteiger partial charge in [0.15, 0.2) is 0 Å². The highest BCUT2D eigenvalue weighted by Gasteiger charge is 2.59. The van der Waals surface area contributed by atoms with Crippen LogP contribution in [0.5, 0.6) is 5.88 Å². The van der Waals surface area contributed by atoms with Crippen molar-refractivity contribution in [1.29, 1.82) is 0 Å². The molecule has 0 aliphatic carbocycles. The van der Waals surface area contributed by atoms with Gasteiger partial charge in [0.25, 0.3) is 6.10 Å². The summed E-state index contributed by atoms with van der Waals surface area (Å²) >= 11 is 0. The number of aryl methyl sites for hydroxylation is 1. The van der Waals surface area contributed by atoms with E-state index in [0.29, 0.717) is 0 Å². The maximum atomic E-state index is 12.2. The summed E-state index contributed by atoms with van der Waals surface area (Å²) in [6.45, 7) is 1.33. The van der Waals surface area contributed by atoms with Gasteiger partial charge >= 0.3 is 12.4 Å². The maximum absolute atomic E-state index is 12.2. The minimum atomic E-state index is -5.57. The third-order valence-electron chi connectivity index (χ3n) is 1.93. The Kier molecular flexibility index (Phi) is 3.63. The van der Waals surface area contributed by atoms with Gasteiger partial charge in [-0.25, -0.2) is 4.98 Å². The van der Waals surface area contributed by atoms with Gasteiger partial charge in [0.1, 0.15) is 0 Å². The van der Waals surface area contributed by atoms with E-state index in [0.717, 1.165) is 12.1 Å². The normalized spacial score (nSPS) is 12.9. The lowest BCUT2D eigenvalue weighted by atomic mass is 10.3. The monoisotopic (exact) mass is 274 g/mol. The molecule has 0 amide bonds. The zero-order valence-electron chi connectivity index (χ0n) is 8.93. The van der Waals surface area contributed by atoms with Crippen LogP contribution in [0.25, 0.3) is 0 Å². The lowest BCUT2D eigenvalue weighted by Gasteiger charge is -2.23. The molecule has 2 N–H and O–H groups in total. The molecule has 0 atom stereocenters. The summed E-state index contributed by atoms with van der Waals surface area (Å²) in [6.07, 6.45) is -15.1. The number of hydrogen-bond acceptors (Lipinski definition) is 3. The Morgan fingerprint density at radius 3 is 2.00 bits per heavy atom. The Bertz CT molecular complexity index is 414. The van der Waals surface area contributed by atoms with Crippen molar-refractivity contribution in [2.45, 2.75) is 25.4 Å². The van der Waals surface area contributed by atoms with Gasteiger partial charge in [-0.1, -0.05) is 0 Å². The van der Waals surface area contributed by atoms with Crippen molar-refractivity contribution in [2.24, 2.45) is 0 Å². The van der Waals surface area contributed by atoms with Crippen LogP contribution in [0.4, 0.5) is 32.0 Å². The number of aromatic nitrogens is 1. The van der Waals surface area contributed by atoms with Gasteiger partial charge in [-0.3, -0.25) is 0 Å². The fourth-order valence-corrected chi connectivity index (χ4v) is 1.05. The number of pyridine rings is 1. The Labute approximate surface area is 97.6 Å². The van der Waals surface area contributed by atoms with Crippen LogP contribution in [0.3, 0.4) is 0 Å². The molecule has 1 rings (SSSR count). The van der Waals surface area contributed by atoms with Crippen molar-refractivity contribution < 1.29 is 31.1 Å². The van der Waals surface area contributed by atoms with Crippen LogP contribution in [-0.2, 0) is 0 Å². The fourth-order valence-electron chi connectivity index (χ4n) is 1.05. The topological polar surface area (TPSA) is 48.1 Å². The lowest BCUT2D eigenvalue weighted by molar-refractivity contribution is -0.300. The predicted octanol–water partition coefficient (Wildman–Crippen LogP) is 2.84. The number of rotatable bonds is 2. The van der Waals surface area contributed by atoms with E-state index >= 15 is 0 Å². The summed E-state index contributed by atoms with van der Waals surface area (Å²) in [4.78, 5) is 3.39. The van der Waals surface area contributed by atoms with Crippen molar-refractivity contribution in [3.63, 3.8) is 0 Å². The molecular weight excluding hydrogens is 266 g/mol.